The number of rotatable bonds is 5. The number of halogens is 3. The molecule has 0 fully saturated rings. The molecule has 0 radical (unpaired) electrons. The summed E-state index contributed by atoms with van der Waals surface area (Å²) in [5, 5.41) is 0. The van der Waals surface area contributed by atoms with E-state index in [9.17, 15) is 18.0 Å². The van der Waals surface area contributed by atoms with E-state index in [0.29, 0.717) is 11.5 Å². The largest absolute Gasteiger partial charge is 0.416 e. The van der Waals surface area contributed by atoms with Crippen LogP contribution in [0.1, 0.15) is 41.8 Å². The van der Waals surface area contributed by atoms with Crippen LogP contribution < -0.4 is 0 Å². The van der Waals surface area contributed by atoms with E-state index in [0.717, 1.165) is 24.1 Å². The minimum absolute atomic E-state index is 0.252. The molecular weight excluding hydrogens is 313 g/mol. The van der Waals surface area contributed by atoms with E-state index in [2.05, 4.69) is 0 Å². The third kappa shape index (κ3) is 4.57. The van der Waals surface area contributed by atoms with Crippen LogP contribution in [-0.2, 0) is 6.18 Å². The summed E-state index contributed by atoms with van der Waals surface area (Å²) in [6, 6.07) is 13.5. The molecule has 0 spiro atoms. The second kappa shape index (κ2) is 7.47. The van der Waals surface area contributed by atoms with Crippen molar-refractivity contribution in [2.75, 3.05) is 0 Å². The second-order valence-corrected chi connectivity index (χ2v) is 6.02. The monoisotopic (exact) mass is 332 g/mol. The van der Waals surface area contributed by atoms with Gasteiger partial charge < -0.3 is 0 Å². The lowest BCUT2D eigenvalue weighted by molar-refractivity contribution is -0.137. The molecule has 24 heavy (non-hydrogen) atoms. The van der Waals surface area contributed by atoms with E-state index < -0.39 is 11.7 Å². The molecule has 0 amide bonds. The van der Waals surface area contributed by atoms with E-state index in [-0.39, 0.29) is 11.3 Å². The van der Waals surface area contributed by atoms with Crippen molar-refractivity contribution in [3.63, 3.8) is 0 Å². The van der Waals surface area contributed by atoms with Crippen LogP contribution in [0, 0.1) is 5.92 Å². The zero-order chi connectivity index (χ0) is 17.7. The fraction of sp³-hybridized carbons (Fsp3) is 0.250. The molecule has 0 aromatic heterocycles. The normalized spacial score (nSPS) is 12.5. The summed E-state index contributed by atoms with van der Waals surface area (Å²) < 4.78 is 38.0. The average molecular weight is 332 g/mol. The summed E-state index contributed by atoms with van der Waals surface area (Å²) in [4.78, 5) is 12.8. The van der Waals surface area contributed by atoms with E-state index in [1.54, 1.807) is 0 Å². The van der Waals surface area contributed by atoms with Gasteiger partial charge in [-0.3, -0.25) is 4.79 Å². The van der Waals surface area contributed by atoms with Crippen LogP contribution in [0.5, 0.6) is 0 Å². The molecule has 2 rings (SSSR count). The zero-order valence-corrected chi connectivity index (χ0v) is 13.6. The lowest BCUT2D eigenvalue weighted by atomic mass is 9.94. The van der Waals surface area contributed by atoms with Crippen molar-refractivity contribution in [1.82, 2.24) is 0 Å². The first-order chi connectivity index (χ1) is 11.3. The smallest absolute Gasteiger partial charge is 0.289 e. The molecule has 2 aromatic carbocycles. The number of hydrogen-bond acceptors (Lipinski definition) is 1. The van der Waals surface area contributed by atoms with Gasteiger partial charge in [-0.15, -0.1) is 0 Å². The van der Waals surface area contributed by atoms with Gasteiger partial charge in [0.2, 0.25) is 0 Å². The van der Waals surface area contributed by atoms with Gasteiger partial charge in [-0.1, -0.05) is 62.4 Å². The van der Waals surface area contributed by atoms with Crippen molar-refractivity contribution in [3.05, 3.63) is 77.4 Å². The molecule has 0 aliphatic heterocycles. The third-order valence-corrected chi connectivity index (χ3v) is 3.60. The summed E-state index contributed by atoms with van der Waals surface area (Å²) >= 11 is 0. The van der Waals surface area contributed by atoms with Gasteiger partial charge in [0.25, 0.3) is 0 Å². The summed E-state index contributed by atoms with van der Waals surface area (Å²) in [6.07, 6.45) is -1.83. The molecule has 126 valence electrons. The van der Waals surface area contributed by atoms with E-state index >= 15 is 0 Å². The molecule has 0 N–H and O–H groups in total. The number of alkyl halides is 3. The Morgan fingerprint density at radius 3 is 2.04 bits per heavy atom. The Labute approximate surface area is 139 Å². The highest BCUT2D eigenvalue weighted by molar-refractivity contribution is 6.28. The number of allylic oxidation sites excluding steroid dienone is 2. The van der Waals surface area contributed by atoms with Gasteiger partial charge in [-0.25, -0.2) is 0 Å². The van der Waals surface area contributed by atoms with Gasteiger partial charge in [0, 0.05) is 11.1 Å². The van der Waals surface area contributed by atoms with Gasteiger partial charge in [-0.2, -0.15) is 13.2 Å². The maximum Gasteiger partial charge on any atom is 0.416 e. The van der Waals surface area contributed by atoms with Crippen molar-refractivity contribution in [2.24, 2.45) is 5.92 Å². The molecule has 4 heteroatoms. The number of benzene rings is 2. The van der Waals surface area contributed by atoms with Crippen LogP contribution in [0.2, 0.25) is 0 Å². The van der Waals surface area contributed by atoms with Crippen LogP contribution in [-0.4, -0.2) is 5.78 Å². The fourth-order valence-corrected chi connectivity index (χ4v) is 2.28. The number of hydrogen-bond donors (Lipinski definition) is 0. The quantitative estimate of drug-likeness (QED) is 0.483. The molecule has 1 nitrogen and oxygen atoms in total. The zero-order valence-electron chi connectivity index (χ0n) is 13.6. The highest BCUT2D eigenvalue weighted by Crippen LogP contribution is 2.30. The number of carbonyl (C=O) groups excluding carboxylic acids is 1. The molecular formula is C20H19F3O. The second-order valence-electron chi connectivity index (χ2n) is 6.02. The lowest BCUT2D eigenvalue weighted by Gasteiger charge is -2.10. The van der Waals surface area contributed by atoms with Gasteiger partial charge >= 0.3 is 6.18 Å². The third-order valence-electron chi connectivity index (χ3n) is 3.60. The van der Waals surface area contributed by atoms with Crippen LogP contribution in [0.15, 0.2) is 60.7 Å². The fourth-order valence-electron chi connectivity index (χ4n) is 2.28. The predicted molar refractivity (Wildman–Crippen MR) is 89.6 cm³/mol. The van der Waals surface area contributed by atoms with E-state index in [1.165, 1.54) is 12.1 Å². The standard InChI is InChI=1S/C20H19F3O/c1-14(2)8-13-18(15-6-4-3-5-7-15)19(24)16-9-11-17(12-10-16)20(21,22)23/h3-7,9-14H,8H2,1-2H3/b18-13+. The Morgan fingerprint density at radius 2 is 1.54 bits per heavy atom. The Balaban J connectivity index is 2.36. The Hall–Kier alpha value is -2.36. The summed E-state index contributed by atoms with van der Waals surface area (Å²) in [7, 11) is 0. The molecule has 2 aromatic rings. The Morgan fingerprint density at radius 1 is 0.958 bits per heavy atom. The Kier molecular flexibility index (Phi) is 5.60. The maximum absolute atomic E-state index is 12.8. The molecule has 0 aliphatic rings. The van der Waals surface area contributed by atoms with Crippen LogP contribution in [0.25, 0.3) is 5.57 Å². The summed E-state index contributed by atoms with van der Waals surface area (Å²) in [5.41, 5.74) is 0.778. The molecule has 0 atom stereocenters. The molecule has 0 heterocycles. The van der Waals surface area contributed by atoms with E-state index in [4.69, 9.17) is 0 Å². The highest BCUT2D eigenvalue weighted by Gasteiger charge is 2.30. The van der Waals surface area contributed by atoms with Crippen molar-refractivity contribution in [3.8, 4) is 0 Å². The SMILES string of the molecule is CC(C)C/C=C(/C(=O)c1ccc(C(F)(F)F)cc1)c1ccccc1. The molecule has 0 aliphatic carbocycles. The summed E-state index contributed by atoms with van der Waals surface area (Å²) in [6.45, 7) is 4.09. The number of carbonyl (C=O) groups is 1. The minimum Gasteiger partial charge on any atom is -0.289 e. The van der Waals surface area contributed by atoms with Crippen LogP contribution >= 0.6 is 0 Å². The first-order valence-electron chi connectivity index (χ1n) is 7.76. The Bertz CT molecular complexity index is 711. The van der Waals surface area contributed by atoms with E-state index in [1.807, 2.05) is 50.3 Å². The van der Waals surface area contributed by atoms with Gasteiger partial charge in [-0.05, 0) is 30.0 Å². The van der Waals surface area contributed by atoms with Crippen molar-refractivity contribution in [1.29, 1.82) is 0 Å². The van der Waals surface area contributed by atoms with Crippen molar-refractivity contribution >= 4 is 11.4 Å². The number of Topliss-reactive ketones (excluding diaryl/α,β-unsaturated/α-hetero) is 1. The maximum atomic E-state index is 12.8. The summed E-state index contributed by atoms with van der Waals surface area (Å²) in [5.74, 6) is 0.111. The minimum atomic E-state index is -4.41. The van der Waals surface area contributed by atoms with Gasteiger partial charge in [0.1, 0.15) is 0 Å². The lowest BCUT2D eigenvalue weighted by Crippen LogP contribution is -2.07. The van der Waals surface area contributed by atoms with Crippen molar-refractivity contribution < 1.29 is 18.0 Å². The topological polar surface area (TPSA) is 17.1 Å². The molecule has 0 saturated carbocycles. The first-order valence-corrected chi connectivity index (χ1v) is 7.76. The molecule has 0 bridgehead atoms. The predicted octanol–water partition coefficient (Wildman–Crippen LogP) is 6.02. The first kappa shape index (κ1) is 18.0. The molecule has 0 unspecified atom stereocenters. The van der Waals surface area contributed by atoms with Crippen LogP contribution in [0.4, 0.5) is 13.2 Å². The van der Waals surface area contributed by atoms with Crippen LogP contribution in [0.3, 0.4) is 0 Å². The highest BCUT2D eigenvalue weighted by atomic mass is 19.4. The van der Waals surface area contributed by atoms with Gasteiger partial charge in [0.05, 0.1) is 5.56 Å². The average Bonchev–Trinajstić information content (AvgIpc) is 2.55. The number of ketones is 1. The van der Waals surface area contributed by atoms with Gasteiger partial charge in [0.15, 0.2) is 5.78 Å². The van der Waals surface area contributed by atoms with Crippen molar-refractivity contribution in [2.45, 2.75) is 26.4 Å². The molecule has 0 saturated heterocycles.